The molecule has 1 saturated heterocycles. The Morgan fingerprint density at radius 3 is 2.80 bits per heavy atom. The Bertz CT molecular complexity index is 457. The van der Waals surface area contributed by atoms with Crippen LogP contribution in [0.15, 0.2) is 18.3 Å². The van der Waals surface area contributed by atoms with Crippen LogP contribution in [0, 0.1) is 10.1 Å². The Morgan fingerprint density at radius 1 is 1.50 bits per heavy atom. The molecule has 1 aliphatic rings. The molecule has 1 aliphatic heterocycles. The summed E-state index contributed by atoms with van der Waals surface area (Å²) in [5.41, 5.74) is -0.0320. The van der Waals surface area contributed by atoms with Crippen molar-refractivity contribution >= 4 is 11.5 Å². The zero-order valence-corrected chi connectivity index (χ0v) is 12.0. The van der Waals surface area contributed by atoms with Gasteiger partial charge >= 0.3 is 0 Å². The smallest absolute Gasteiger partial charge is 0.287 e. The highest BCUT2D eigenvalue weighted by Gasteiger charge is 2.34. The molecule has 0 aromatic carbocycles. The maximum Gasteiger partial charge on any atom is 0.287 e. The number of nitro groups is 1. The van der Waals surface area contributed by atoms with E-state index in [1.807, 2.05) is 0 Å². The number of hydrogen-bond donors (Lipinski definition) is 1. The van der Waals surface area contributed by atoms with Gasteiger partial charge in [0.15, 0.2) is 0 Å². The fourth-order valence-corrected chi connectivity index (χ4v) is 2.68. The van der Waals surface area contributed by atoms with E-state index in [9.17, 15) is 10.1 Å². The lowest BCUT2D eigenvalue weighted by Gasteiger charge is -2.40. The highest BCUT2D eigenvalue weighted by atomic mass is 16.6. The minimum atomic E-state index is -0.440. The lowest BCUT2D eigenvalue weighted by Crippen LogP contribution is -2.43. The van der Waals surface area contributed by atoms with E-state index in [1.165, 1.54) is 12.3 Å². The van der Waals surface area contributed by atoms with Crippen molar-refractivity contribution in [3.8, 4) is 0 Å². The molecular formula is C14H21N3O3. The summed E-state index contributed by atoms with van der Waals surface area (Å²) < 4.78 is 5.93. The van der Waals surface area contributed by atoms with Crippen LogP contribution in [0.5, 0.6) is 0 Å². The van der Waals surface area contributed by atoms with E-state index < -0.39 is 4.92 Å². The number of aromatic nitrogens is 1. The summed E-state index contributed by atoms with van der Waals surface area (Å²) in [5.74, 6) is 0.684. The molecule has 0 aliphatic carbocycles. The first-order chi connectivity index (χ1) is 9.58. The van der Waals surface area contributed by atoms with Crippen LogP contribution in [0.3, 0.4) is 0 Å². The molecule has 1 aromatic rings. The molecule has 1 N–H and O–H groups in total. The summed E-state index contributed by atoms with van der Waals surface area (Å²) in [6.07, 6.45) is 5.15. The van der Waals surface area contributed by atoms with Gasteiger partial charge < -0.3 is 10.1 Å². The highest BCUT2D eigenvalue weighted by Crippen LogP contribution is 2.32. The van der Waals surface area contributed by atoms with Gasteiger partial charge in [-0.25, -0.2) is 4.98 Å². The van der Waals surface area contributed by atoms with Crippen LogP contribution >= 0.6 is 0 Å². The van der Waals surface area contributed by atoms with Crippen molar-refractivity contribution in [1.29, 1.82) is 0 Å². The van der Waals surface area contributed by atoms with Crippen LogP contribution in [0.1, 0.15) is 39.5 Å². The minimum Gasteiger partial charge on any atom is -0.375 e. The van der Waals surface area contributed by atoms with Crippen molar-refractivity contribution in [2.75, 3.05) is 11.9 Å². The third-order valence-corrected chi connectivity index (χ3v) is 4.09. The van der Waals surface area contributed by atoms with Crippen molar-refractivity contribution in [1.82, 2.24) is 4.98 Å². The maximum absolute atomic E-state index is 10.6. The summed E-state index contributed by atoms with van der Waals surface area (Å²) in [7, 11) is 0. The van der Waals surface area contributed by atoms with E-state index in [0.29, 0.717) is 11.9 Å². The maximum atomic E-state index is 10.6. The highest BCUT2D eigenvalue weighted by molar-refractivity contribution is 5.41. The molecule has 0 bridgehead atoms. The van der Waals surface area contributed by atoms with Gasteiger partial charge in [0.2, 0.25) is 0 Å². The van der Waals surface area contributed by atoms with Gasteiger partial charge in [0.25, 0.3) is 5.69 Å². The minimum absolute atomic E-state index is 0.0130. The van der Waals surface area contributed by atoms with Crippen LogP contribution in [0.4, 0.5) is 11.5 Å². The Morgan fingerprint density at radius 2 is 2.25 bits per heavy atom. The molecule has 1 fully saturated rings. The van der Waals surface area contributed by atoms with Crippen LogP contribution in [0.25, 0.3) is 0 Å². The number of rotatable bonds is 5. The number of anilines is 1. The van der Waals surface area contributed by atoms with Gasteiger partial charge in [-0.2, -0.15) is 0 Å². The number of ether oxygens (including phenoxy) is 1. The molecule has 2 rings (SSSR count). The predicted molar refractivity (Wildman–Crippen MR) is 76.8 cm³/mol. The van der Waals surface area contributed by atoms with E-state index in [1.54, 1.807) is 6.07 Å². The van der Waals surface area contributed by atoms with Crippen LogP contribution in [-0.2, 0) is 4.74 Å². The normalized spacial score (nSPS) is 21.4. The molecule has 6 heteroatoms. The fourth-order valence-electron chi connectivity index (χ4n) is 2.68. The van der Waals surface area contributed by atoms with Gasteiger partial charge in [0, 0.05) is 18.7 Å². The molecular weight excluding hydrogens is 258 g/mol. The second-order valence-electron chi connectivity index (χ2n) is 5.23. The van der Waals surface area contributed by atoms with Crippen LogP contribution in [0.2, 0.25) is 0 Å². The first-order valence-electron chi connectivity index (χ1n) is 7.09. The summed E-state index contributed by atoms with van der Waals surface area (Å²) in [4.78, 5) is 14.3. The molecule has 110 valence electrons. The summed E-state index contributed by atoms with van der Waals surface area (Å²) in [5, 5.41) is 14.0. The number of nitrogens with zero attached hydrogens (tertiary/aromatic N) is 2. The van der Waals surface area contributed by atoms with Crippen molar-refractivity contribution in [2.45, 2.75) is 51.2 Å². The lowest BCUT2D eigenvalue weighted by atomic mass is 9.86. The van der Waals surface area contributed by atoms with E-state index in [0.717, 1.165) is 32.3 Å². The largest absolute Gasteiger partial charge is 0.375 e. The zero-order valence-electron chi connectivity index (χ0n) is 12.0. The molecule has 1 atom stereocenters. The molecule has 20 heavy (non-hydrogen) atoms. The fraction of sp³-hybridized carbons (Fsp3) is 0.643. The SMILES string of the molecule is CCC1(CC)CC(Nc2ccc([N+](=O)[O-])cn2)CCO1. The summed E-state index contributed by atoms with van der Waals surface area (Å²) >= 11 is 0. The van der Waals surface area contributed by atoms with Gasteiger partial charge in [-0.15, -0.1) is 0 Å². The third kappa shape index (κ3) is 3.25. The monoisotopic (exact) mass is 279 g/mol. The van der Waals surface area contributed by atoms with Crippen LogP contribution < -0.4 is 5.32 Å². The van der Waals surface area contributed by atoms with Gasteiger partial charge in [-0.05, 0) is 31.7 Å². The second kappa shape index (κ2) is 6.17. The van der Waals surface area contributed by atoms with Gasteiger partial charge in [-0.1, -0.05) is 13.8 Å². The van der Waals surface area contributed by atoms with Gasteiger partial charge in [-0.3, -0.25) is 10.1 Å². The van der Waals surface area contributed by atoms with Crippen LogP contribution in [-0.4, -0.2) is 28.2 Å². The third-order valence-electron chi connectivity index (χ3n) is 4.09. The van der Waals surface area contributed by atoms with Crippen molar-refractivity contribution in [3.05, 3.63) is 28.4 Å². The van der Waals surface area contributed by atoms with E-state index in [2.05, 4.69) is 24.1 Å². The lowest BCUT2D eigenvalue weighted by molar-refractivity contribution is -0.385. The number of nitrogens with one attached hydrogen (secondary N) is 1. The average Bonchev–Trinajstić information content (AvgIpc) is 2.48. The summed E-state index contributed by atoms with van der Waals surface area (Å²) in [6, 6.07) is 3.44. The zero-order chi connectivity index (χ0) is 14.6. The number of pyridine rings is 1. The summed E-state index contributed by atoms with van der Waals surface area (Å²) in [6.45, 7) is 5.04. The van der Waals surface area contributed by atoms with E-state index in [4.69, 9.17) is 4.74 Å². The van der Waals surface area contributed by atoms with Gasteiger partial charge in [0.1, 0.15) is 12.0 Å². The van der Waals surface area contributed by atoms with E-state index >= 15 is 0 Å². The number of hydrogen-bond acceptors (Lipinski definition) is 5. The van der Waals surface area contributed by atoms with E-state index in [-0.39, 0.29) is 11.3 Å². The molecule has 2 heterocycles. The predicted octanol–water partition coefficient (Wildman–Crippen LogP) is 3.14. The molecule has 0 spiro atoms. The molecule has 0 amide bonds. The van der Waals surface area contributed by atoms with Crippen molar-refractivity contribution in [3.63, 3.8) is 0 Å². The van der Waals surface area contributed by atoms with Crippen molar-refractivity contribution in [2.24, 2.45) is 0 Å². The molecule has 0 radical (unpaired) electrons. The Kier molecular flexibility index (Phi) is 4.54. The average molecular weight is 279 g/mol. The standard InChI is InChI=1S/C14H21N3O3/c1-3-14(4-2)9-11(7-8-20-14)16-13-6-5-12(10-15-13)17(18)19/h5-6,10-11H,3-4,7-9H2,1-2H3,(H,15,16). The Balaban J connectivity index is 2.00. The topological polar surface area (TPSA) is 77.3 Å². The van der Waals surface area contributed by atoms with Gasteiger partial charge in [0.05, 0.1) is 10.5 Å². The second-order valence-corrected chi connectivity index (χ2v) is 5.23. The Labute approximate surface area is 118 Å². The first kappa shape index (κ1) is 14.7. The molecule has 1 unspecified atom stereocenters. The molecule has 6 nitrogen and oxygen atoms in total. The quantitative estimate of drug-likeness (QED) is 0.661. The Hall–Kier alpha value is -1.69. The van der Waals surface area contributed by atoms with Crippen molar-refractivity contribution < 1.29 is 9.66 Å². The molecule has 0 saturated carbocycles. The first-order valence-corrected chi connectivity index (χ1v) is 7.09. The molecule has 1 aromatic heterocycles.